The molecule has 3 heterocycles. The van der Waals surface area contributed by atoms with Crippen molar-refractivity contribution in [2.45, 2.75) is 58.7 Å². The molecule has 0 radical (unpaired) electrons. The van der Waals surface area contributed by atoms with Crippen molar-refractivity contribution in [3.63, 3.8) is 0 Å². The molecule has 1 fully saturated rings. The lowest BCUT2D eigenvalue weighted by Crippen LogP contribution is -2.40. The Labute approximate surface area is 193 Å². The fourth-order valence-corrected chi connectivity index (χ4v) is 3.61. The van der Waals surface area contributed by atoms with Gasteiger partial charge in [-0.2, -0.15) is 0 Å². The Balaban J connectivity index is 2.13. The van der Waals surface area contributed by atoms with Gasteiger partial charge in [0.05, 0.1) is 6.61 Å². The average Bonchev–Trinajstić information content (AvgIpc) is 3.25. The van der Waals surface area contributed by atoms with Gasteiger partial charge in [0.1, 0.15) is 31.3 Å². The van der Waals surface area contributed by atoms with Crippen molar-refractivity contribution in [2.24, 2.45) is 0 Å². The Morgan fingerprint density at radius 3 is 2.32 bits per heavy atom. The molecular weight excluding hydrogens is 454 g/mol. The van der Waals surface area contributed by atoms with Crippen LogP contribution in [0.3, 0.4) is 0 Å². The summed E-state index contributed by atoms with van der Waals surface area (Å²) >= 11 is 0. The van der Waals surface area contributed by atoms with Crippen molar-refractivity contribution in [1.82, 2.24) is 19.5 Å². The van der Waals surface area contributed by atoms with E-state index >= 15 is 0 Å². The number of nitrogen functional groups attached to an aromatic ring is 1. The van der Waals surface area contributed by atoms with Gasteiger partial charge in [0.25, 0.3) is 0 Å². The molecule has 0 aliphatic carbocycles. The Hall–Kier alpha value is -3.81. The van der Waals surface area contributed by atoms with Crippen LogP contribution in [0.5, 0.6) is 0 Å². The van der Waals surface area contributed by atoms with Crippen molar-refractivity contribution in [1.29, 1.82) is 0 Å². The van der Waals surface area contributed by atoms with E-state index in [1.165, 1.54) is 31.7 Å². The van der Waals surface area contributed by atoms with E-state index in [1.807, 2.05) is 0 Å². The Morgan fingerprint density at radius 2 is 1.71 bits per heavy atom. The fraction of sp³-hybridized carbons (Fsp3) is 0.550. The number of nitrogens with two attached hydrogens (primary N) is 1. The number of ether oxygens (including phenoxy) is 5. The fourth-order valence-electron chi connectivity index (χ4n) is 3.61. The first-order valence-electron chi connectivity index (χ1n) is 10.4. The van der Waals surface area contributed by atoms with Crippen LogP contribution in [0, 0.1) is 0 Å². The molecule has 3 rings (SSSR count). The van der Waals surface area contributed by atoms with Gasteiger partial charge in [-0.1, -0.05) is 0 Å². The maximum absolute atomic E-state index is 12.3. The zero-order valence-corrected chi connectivity index (χ0v) is 19.0. The Morgan fingerprint density at radius 1 is 1.03 bits per heavy atom. The highest BCUT2D eigenvalue weighted by Crippen LogP contribution is 2.37. The summed E-state index contributed by atoms with van der Waals surface area (Å²) in [5.74, 6) is -2.35. The molecule has 0 saturated carbocycles. The number of aromatic nitrogens is 4. The number of carbonyl (C=O) groups is 4. The van der Waals surface area contributed by atoms with Crippen LogP contribution in [0.1, 0.15) is 39.7 Å². The molecule has 4 unspecified atom stereocenters. The highest BCUT2D eigenvalue weighted by atomic mass is 16.7. The van der Waals surface area contributed by atoms with Crippen LogP contribution >= 0.6 is 0 Å². The van der Waals surface area contributed by atoms with Crippen LogP contribution in [0.15, 0.2) is 6.33 Å². The van der Waals surface area contributed by atoms with Gasteiger partial charge in [0.2, 0.25) is 0 Å². The van der Waals surface area contributed by atoms with E-state index in [1.54, 1.807) is 6.92 Å². The summed E-state index contributed by atoms with van der Waals surface area (Å²) < 4.78 is 28.4. The van der Waals surface area contributed by atoms with Gasteiger partial charge in [-0.05, 0) is 6.92 Å². The molecular formula is C20H25N5O9. The van der Waals surface area contributed by atoms with Crippen LogP contribution in [-0.2, 0) is 49.3 Å². The van der Waals surface area contributed by atoms with Crippen LogP contribution in [-0.4, -0.2) is 74.9 Å². The third-order valence-electron chi connectivity index (χ3n) is 4.78. The number of hydrogen-bond acceptors (Lipinski definition) is 13. The second-order valence-corrected chi connectivity index (χ2v) is 7.33. The van der Waals surface area contributed by atoms with E-state index in [4.69, 9.17) is 29.4 Å². The number of imidazole rings is 1. The summed E-state index contributed by atoms with van der Waals surface area (Å²) in [6.45, 7) is 5.07. The molecule has 0 bridgehead atoms. The SMILES string of the molecule is CCOC(=O)Cc1nc2c(N)ncnc2n1C1OC(COC(C)=O)C(OC(C)=O)C1OC(C)=O. The van der Waals surface area contributed by atoms with Crippen molar-refractivity contribution >= 4 is 40.9 Å². The van der Waals surface area contributed by atoms with E-state index in [0.29, 0.717) is 0 Å². The number of rotatable bonds is 8. The molecule has 14 heteroatoms. The third-order valence-corrected chi connectivity index (χ3v) is 4.78. The van der Waals surface area contributed by atoms with Crippen molar-refractivity contribution < 1.29 is 42.9 Å². The highest BCUT2D eigenvalue weighted by Gasteiger charge is 2.51. The summed E-state index contributed by atoms with van der Waals surface area (Å²) in [5.41, 5.74) is 6.31. The number of hydrogen-bond donors (Lipinski definition) is 1. The number of nitrogens with zero attached hydrogens (tertiary/aromatic N) is 4. The first-order chi connectivity index (χ1) is 16.1. The van der Waals surface area contributed by atoms with Gasteiger partial charge in [-0.3, -0.25) is 23.7 Å². The Bertz CT molecular complexity index is 1100. The van der Waals surface area contributed by atoms with Gasteiger partial charge in [-0.25, -0.2) is 15.0 Å². The molecule has 184 valence electrons. The molecule has 0 spiro atoms. The summed E-state index contributed by atoms with van der Waals surface area (Å²) in [6, 6.07) is 0. The number of anilines is 1. The van der Waals surface area contributed by atoms with Crippen LogP contribution in [0.2, 0.25) is 0 Å². The molecule has 1 aliphatic rings. The van der Waals surface area contributed by atoms with Crippen LogP contribution < -0.4 is 5.73 Å². The number of fused-ring (bicyclic) bond motifs is 1. The molecule has 1 aliphatic heterocycles. The number of carbonyl (C=O) groups excluding carboxylic acids is 4. The van der Waals surface area contributed by atoms with Crippen molar-refractivity contribution in [2.75, 3.05) is 18.9 Å². The van der Waals surface area contributed by atoms with Gasteiger partial charge in [0.15, 0.2) is 35.4 Å². The summed E-state index contributed by atoms with van der Waals surface area (Å²) in [4.78, 5) is 59.9. The molecule has 0 aromatic carbocycles. The van der Waals surface area contributed by atoms with E-state index in [9.17, 15) is 19.2 Å². The third kappa shape index (κ3) is 5.39. The van der Waals surface area contributed by atoms with Crippen LogP contribution in [0.25, 0.3) is 11.2 Å². The lowest BCUT2D eigenvalue weighted by molar-refractivity contribution is -0.166. The summed E-state index contributed by atoms with van der Waals surface area (Å²) in [6.07, 6.45) is -3.61. The predicted octanol–water partition coefficient (Wildman–Crippen LogP) is -0.162. The second-order valence-electron chi connectivity index (χ2n) is 7.33. The first kappa shape index (κ1) is 24.8. The van der Waals surface area contributed by atoms with Gasteiger partial charge in [0, 0.05) is 20.8 Å². The van der Waals surface area contributed by atoms with Crippen LogP contribution in [0.4, 0.5) is 5.82 Å². The normalized spacial score (nSPS) is 21.8. The lowest BCUT2D eigenvalue weighted by Gasteiger charge is -2.24. The molecule has 14 nitrogen and oxygen atoms in total. The first-order valence-corrected chi connectivity index (χ1v) is 10.4. The Kier molecular flexibility index (Phi) is 7.61. The molecule has 2 N–H and O–H groups in total. The monoisotopic (exact) mass is 479 g/mol. The molecule has 34 heavy (non-hydrogen) atoms. The smallest absolute Gasteiger partial charge is 0.313 e. The summed E-state index contributed by atoms with van der Waals surface area (Å²) in [5, 5.41) is 0. The maximum atomic E-state index is 12.3. The maximum Gasteiger partial charge on any atom is 0.313 e. The molecule has 0 amide bonds. The average molecular weight is 479 g/mol. The van der Waals surface area contributed by atoms with Gasteiger partial charge >= 0.3 is 23.9 Å². The number of esters is 4. The highest BCUT2D eigenvalue weighted by molar-refractivity contribution is 5.83. The van der Waals surface area contributed by atoms with E-state index in [-0.39, 0.29) is 42.4 Å². The van der Waals surface area contributed by atoms with Crippen molar-refractivity contribution in [3.05, 3.63) is 12.2 Å². The van der Waals surface area contributed by atoms with Gasteiger partial charge in [-0.15, -0.1) is 0 Å². The largest absolute Gasteiger partial charge is 0.466 e. The minimum atomic E-state index is -1.20. The molecule has 4 atom stereocenters. The van der Waals surface area contributed by atoms with E-state index < -0.39 is 48.4 Å². The molecule has 2 aromatic rings. The second kappa shape index (κ2) is 10.4. The topological polar surface area (TPSA) is 184 Å². The van der Waals surface area contributed by atoms with E-state index in [0.717, 1.165) is 0 Å². The van der Waals surface area contributed by atoms with Crippen molar-refractivity contribution in [3.8, 4) is 0 Å². The minimum Gasteiger partial charge on any atom is -0.466 e. The predicted molar refractivity (Wildman–Crippen MR) is 112 cm³/mol. The lowest BCUT2D eigenvalue weighted by atomic mass is 10.1. The molecule has 1 saturated heterocycles. The zero-order valence-electron chi connectivity index (χ0n) is 19.0. The molecule has 2 aromatic heterocycles. The summed E-state index contributed by atoms with van der Waals surface area (Å²) in [7, 11) is 0. The standard InChI is InChI=1S/C20H25N5O9/c1-5-30-14(29)6-13-24-15-18(21)22-8-23-19(15)25(13)20-17(33-11(4)28)16(32-10(3)27)12(34-20)7-31-9(2)26/h8,12,16-17,20H,5-7H2,1-4H3,(H2,21,22,23). The zero-order chi connectivity index (χ0) is 25.0. The van der Waals surface area contributed by atoms with E-state index in [2.05, 4.69) is 15.0 Å². The minimum absolute atomic E-state index is 0.0453. The quantitative estimate of drug-likeness (QED) is 0.389. The van der Waals surface area contributed by atoms with Gasteiger partial charge < -0.3 is 29.4 Å².